The molecule has 1 aliphatic carbocycles. The van der Waals surface area contributed by atoms with E-state index >= 15 is 0 Å². The molecule has 0 bridgehead atoms. The molecule has 1 rings (SSSR count). The predicted molar refractivity (Wildman–Crippen MR) is 173 cm³/mol. The van der Waals surface area contributed by atoms with Gasteiger partial charge in [-0.05, 0) is 37.0 Å². The maximum atomic E-state index is 11.1. The summed E-state index contributed by atoms with van der Waals surface area (Å²) in [5.41, 5.74) is 3.32. The fourth-order valence-corrected chi connectivity index (χ4v) is 4.34. The number of primary amides is 1. The first-order chi connectivity index (χ1) is 22.4. The Labute approximate surface area is 280 Å². The molecule has 1 aliphatic rings. The van der Waals surface area contributed by atoms with Gasteiger partial charge in [0.2, 0.25) is 12.2 Å². The minimum Gasteiger partial charge on any atom is -0.478 e. The van der Waals surface area contributed by atoms with E-state index in [0.29, 0.717) is 13.2 Å². The van der Waals surface area contributed by atoms with Gasteiger partial charge in [0.05, 0.1) is 31.2 Å². The summed E-state index contributed by atoms with van der Waals surface area (Å²) in [4.78, 5) is 80.2. The van der Waals surface area contributed by atoms with E-state index in [1.165, 1.54) is 0 Å². The number of carbonyl (C=O) groups excluding carboxylic acids is 6. The third kappa shape index (κ3) is 25.1. The highest BCUT2D eigenvalue weighted by Gasteiger charge is 2.41. The van der Waals surface area contributed by atoms with E-state index in [-0.39, 0.29) is 36.7 Å². The second-order valence-electron chi connectivity index (χ2n) is 11.2. The molecule has 48 heavy (non-hydrogen) atoms. The Morgan fingerprint density at radius 1 is 0.854 bits per heavy atom. The SMILES string of the molecule is C=CC(=O)O.C=CC(=O)OCC(CO)(COC(=O)C=C)COC(=O)C=C.CC1(C)CC(N=C=O)CC(C)(CN=C=O)C1.CCOC(N)=O. The standard InChI is InChI=1S/C14H18O7.C12H18N2O2.C3H7NO2.C3H4O2/c1-4-11(16)19-8-14(7-15,9-20-12(17)5-2)10-21-13(18)6-3;1-11(2)4-10(14-9-16)5-12(3,6-11)7-13-8-15;1-2-6-3(4)5;1-2-3(4)5/h4-6,15H,1-3,7-10H2;10H,4-7H2,1-3H3;2H2,1H3,(H2,4,5);2H,1H2,(H,4,5). The fraction of sp³-hybridized carbons (Fsp3) is 0.531. The monoisotopic (exact) mass is 681 g/mol. The van der Waals surface area contributed by atoms with Gasteiger partial charge in [0.25, 0.3) is 0 Å². The molecule has 4 N–H and O–H groups in total. The maximum absolute atomic E-state index is 11.1. The molecule has 0 aliphatic heterocycles. The molecule has 0 aromatic carbocycles. The molecule has 1 amide bonds. The highest BCUT2D eigenvalue weighted by molar-refractivity contribution is 5.82. The zero-order chi connectivity index (χ0) is 37.8. The summed E-state index contributed by atoms with van der Waals surface area (Å²) >= 11 is 0. The third-order valence-electron chi connectivity index (χ3n) is 6.04. The Balaban J connectivity index is -0.000000654. The molecule has 1 saturated carbocycles. The zero-order valence-electron chi connectivity index (χ0n) is 27.9. The summed E-state index contributed by atoms with van der Waals surface area (Å²) in [5.74, 6) is -3.15. The van der Waals surface area contributed by atoms with Crippen LogP contribution in [0, 0.1) is 16.2 Å². The first kappa shape index (κ1) is 47.2. The van der Waals surface area contributed by atoms with Crippen molar-refractivity contribution in [3.05, 3.63) is 50.6 Å². The Hall–Kier alpha value is -5.17. The summed E-state index contributed by atoms with van der Waals surface area (Å²) in [6.07, 6.45) is 8.82. The maximum Gasteiger partial charge on any atom is 0.404 e. The van der Waals surface area contributed by atoms with Crippen molar-refractivity contribution < 1.29 is 62.7 Å². The lowest BCUT2D eigenvalue weighted by atomic mass is 9.63. The summed E-state index contributed by atoms with van der Waals surface area (Å²) in [6.45, 7) is 20.0. The number of carbonyl (C=O) groups is 5. The summed E-state index contributed by atoms with van der Waals surface area (Å²) < 4.78 is 18.7. The Bertz CT molecular complexity index is 1140. The van der Waals surface area contributed by atoms with Crippen molar-refractivity contribution in [3.63, 3.8) is 0 Å². The molecular formula is C32H47N3O13. The summed E-state index contributed by atoms with van der Waals surface area (Å²) in [6, 6.07) is 0.00750. The lowest BCUT2D eigenvalue weighted by Crippen LogP contribution is -2.42. The van der Waals surface area contributed by atoms with Crippen LogP contribution in [0.25, 0.3) is 0 Å². The topological polar surface area (TPSA) is 248 Å². The molecule has 268 valence electrons. The summed E-state index contributed by atoms with van der Waals surface area (Å²) in [7, 11) is 0. The number of hydrogen-bond donors (Lipinski definition) is 3. The molecule has 0 aromatic heterocycles. The van der Waals surface area contributed by atoms with E-state index in [1.807, 2.05) is 0 Å². The van der Waals surface area contributed by atoms with Gasteiger partial charge in [0, 0.05) is 24.3 Å². The van der Waals surface area contributed by atoms with Crippen LogP contribution in [-0.2, 0) is 47.7 Å². The van der Waals surface area contributed by atoms with Gasteiger partial charge in [-0.2, -0.15) is 0 Å². The van der Waals surface area contributed by atoms with E-state index in [1.54, 1.807) is 19.1 Å². The largest absolute Gasteiger partial charge is 0.478 e. The Morgan fingerprint density at radius 2 is 1.29 bits per heavy atom. The van der Waals surface area contributed by atoms with Crippen LogP contribution in [0.1, 0.15) is 47.0 Å². The van der Waals surface area contributed by atoms with Gasteiger partial charge in [0.1, 0.15) is 19.8 Å². The van der Waals surface area contributed by atoms with Crippen molar-refractivity contribution in [2.75, 3.05) is 39.6 Å². The van der Waals surface area contributed by atoms with Crippen LogP contribution >= 0.6 is 0 Å². The highest BCUT2D eigenvalue weighted by Crippen LogP contribution is 2.47. The van der Waals surface area contributed by atoms with Crippen LogP contribution in [0.3, 0.4) is 0 Å². The van der Waals surface area contributed by atoms with Crippen molar-refractivity contribution in [2.45, 2.75) is 53.0 Å². The van der Waals surface area contributed by atoms with Crippen molar-refractivity contribution in [3.8, 4) is 0 Å². The van der Waals surface area contributed by atoms with Crippen LogP contribution in [0.4, 0.5) is 4.79 Å². The molecule has 1 fully saturated rings. The van der Waals surface area contributed by atoms with Gasteiger partial charge in [-0.25, -0.2) is 43.5 Å². The van der Waals surface area contributed by atoms with Crippen LogP contribution in [0.15, 0.2) is 60.6 Å². The fourth-order valence-electron chi connectivity index (χ4n) is 4.34. The lowest BCUT2D eigenvalue weighted by Gasteiger charge is -2.44. The molecule has 0 heterocycles. The van der Waals surface area contributed by atoms with E-state index in [0.717, 1.165) is 43.6 Å². The molecule has 0 spiro atoms. The molecule has 2 unspecified atom stereocenters. The second-order valence-corrected chi connectivity index (χ2v) is 11.2. The van der Waals surface area contributed by atoms with Crippen LogP contribution in [-0.4, -0.2) is 98.0 Å². The quantitative estimate of drug-likeness (QED) is 0.0740. The molecule has 0 saturated heterocycles. The first-order valence-corrected chi connectivity index (χ1v) is 14.2. The van der Waals surface area contributed by atoms with Crippen molar-refractivity contribution in [1.82, 2.24) is 0 Å². The Morgan fingerprint density at radius 3 is 1.56 bits per heavy atom. The van der Waals surface area contributed by atoms with E-state index in [2.05, 4.69) is 67.5 Å². The van der Waals surface area contributed by atoms with Gasteiger partial charge < -0.3 is 34.9 Å². The van der Waals surface area contributed by atoms with Gasteiger partial charge in [-0.3, -0.25) is 0 Å². The predicted octanol–water partition coefficient (Wildman–Crippen LogP) is 2.75. The zero-order valence-corrected chi connectivity index (χ0v) is 27.9. The number of aliphatic hydroxyl groups excluding tert-OH is 1. The second kappa shape index (κ2) is 26.0. The number of carboxylic acids is 1. The summed E-state index contributed by atoms with van der Waals surface area (Å²) in [5, 5.41) is 17.1. The van der Waals surface area contributed by atoms with Gasteiger partial charge in [0.15, 0.2) is 0 Å². The van der Waals surface area contributed by atoms with Gasteiger partial charge in [-0.15, -0.1) is 0 Å². The first-order valence-electron chi connectivity index (χ1n) is 14.2. The van der Waals surface area contributed by atoms with Crippen molar-refractivity contribution >= 4 is 42.1 Å². The number of aliphatic imine (C=N–C) groups is 2. The van der Waals surface area contributed by atoms with E-state index in [9.17, 15) is 38.7 Å². The van der Waals surface area contributed by atoms with Crippen LogP contribution < -0.4 is 5.73 Å². The van der Waals surface area contributed by atoms with Crippen molar-refractivity contribution in [2.24, 2.45) is 32.0 Å². The molecule has 0 aromatic rings. The Kier molecular flexibility index (Phi) is 25.5. The number of nitrogens with zero attached hydrogens (tertiary/aromatic N) is 2. The molecule has 2 atom stereocenters. The van der Waals surface area contributed by atoms with Gasteiger partial charge in [-0.1, -0.05) is 47.1 Å². The van der Waals surface area contributed by atoms with Crippen LogP contribution in [0.2, 0.25) is 0 Å². The smallest absolute Gasteiger partial charge is 0.404 e. The number of rotatable bonds is 15. The van der Waals surface area contributed by atoms with Crippen LogP contribution in [0.5, 0.6) is 0 Å². The number of aliphatic hydroxyl groups is 1. The van der Waals surface area contributed by atoms with E-state index in [4.69, 9.17) is 19.3 Å². The molecular weight excluding hydrogens is 634 g/mol. The number of amides is 1. The minimum atomic E-state index is -1.28. The molecule has 16 nitrogen and oxygen atoms in total. The number of nitrogens with two attached hydrogens (primary N) is 1. The highest BCUT2D eigenvalue weighted by atomic mass is 16.6. The normalized spacial score (nSPS) is 16.8. The minimum absolute atomic E-state index is 0.00750. The molecule has 0 radical (unpaired) electrons. The average Bonchev–Trinajstić information content (AvgIpc) is 3.03. The number of carboxylic acid groups (broad SMARTS) is 1. The average molecular weight is 682 g/mol. The molecule has 16 heteroatoms. The van der Waals surface area contributed by atoms with Gasteiger partial charge >= 0.3 is 30.0 Å². The number of isocyanates is 2. The lowest BCUT2D eigenvalue weighted by molar-refractivity contribution is -0.159. The number of ether oxygens (including phenoxy) is 4. The van der Waals surface area contributed by atoms with Crippen molar-refractivity contribution in [1.29, 1.82) is 0 Å². The third-order valence-corrected chi connectivity index (χ3v) is 6.04. The number of esters is 3. The number of aliphatic carboxylic acids is 1. The number of hydrogen-bond acceptors (Lipinski definition) is 14. The van der Waals surface area contributed by atoms with E-state index < -0.39 is 42.0 Å².